The second-order valence-corrected chi connectivity index (χ2v) is 4.88. The summed E-state index contributed by atoms with van der Waals surface area (Å²) in [5, 5.41) is 3.31. The molecule has 0 atom stereocenters. The molecule has 0 saturated heterocycles. The number of nitrogens with one attached hydrogen (secondary N) is 1. The lowest BCUT2D eigenvalue weighted by atomic mass is 9.97. The van der Waals surface area contributed by atoms with Crippen LogP contribution < -0.4 is 10.9 Å². The van der Waals surface area contributed by atoms with E-state index in [0.717, 1.165) is 12.8 Å². The van der Waals surface area contributed by atoms with Gasteiger partial charge in [0.15, 0.2) is 5.82 Å². The second-order valence-electron chi connectivity index (χ2n) is 4.88. The highest BCUT2D eigenvalue weighted by molar-refractivity contribution is 5.32. The molecule has 1 aliphatic carbocycles. The molecule has 0 bridgehead atoms. The van der Waals surface area contributed by atoms with Gasteiger partial charge in [-0.2, -0.15) is 0 Å². The van der Waals surface area contributed by atoms with Crippen LogP contribution in [0.3, 0.4) is 0 Å². The molecule has 1 heterocycles. The minimum Gasteiger partial charge on any atom is -0.363 e. The Hall–Kier alpha value is -1.32. The minimum atomic E-state index is -0.0328. The van der Waals surface area contributed by atoms with E-state index in [-0.39, 0.29) is 5.56 Å². The third-order valence-electron chi connectivity index (χ3n) is 3.46. The molecule has 1 aromatic heterocycles. The average molecular weight is 235 g/mol. The zero-order valence-electron chi connectivity index (χ0n) is 10.5. The molecule has 1 N–H and O–H groups in total. The van der Waals surface area contributed by atoms with Crippen molar-refractivity contribution in [1.82, 2.24) is 9.55 Å². The van der Waals surface area contributed by atoms with Gasteiger partial charge in [0.2, 0.25) is 0 Å². The first kappa shape index (κ1) is 12.1. The van der Waals surface area contributed by atoms with Gasteiger partial charge in [0.25, 0.3) is 5.56 Å². The first-order chi connectivity index (χ1) is 8.27. The van der Waals surface area contributed by atoms with Crippen LogP contribution in [0.2, 0.25) is 0 Å². The van der Waals surface area contributed by atoms with Crippen molar-refractivity contribution < 1.29 is 0 Å². The van der Waals surface area contributed by atoms with E-state index in [1.54, 1.807) is 24.0 Å². The monoisotopic (exact) mass is 235 g/mol. The molecule has 0 unspecified atom stereocenters. The Morgan fingerprint density at radius 2 is 1.88 bits per heavy atom. The van der Waals surface area contributed by atoms with E-state index in [0.29, 0.717) is 11.9 Å². The summed E-state index contributed by atoms with van der Waals surface area (Å²) in [4.78, 5) is 16.0. The van der Waals surface area contributed by atoms with Crippen LogP contribution in [0, 0.1) is 0 Å². The zero-order chi connectivity index (χ0) is 12.1. The molecule has 0 spiro atoms. The van der Waals surface area contributed by atoms with Crippen molar-refractivity contribution >= 4 is 5.82 Å². The number of aryl methyl sites for hydroxylation is 1. The number of hydrogen-bond acceptors (Lipinski definition) is 3. The summed E-state index contributed by atoms with van der Waals surface area (Å²) in [7, 11) is 1.76. The van der Waals surface area contributed by atoms with E-state index >= 15 is 0 Å². The maximum Gasteiger partial charge on any atom is 0.293 e. The Morgan fingerprint density at radius 1 is 1.24 bits per heavy atom. The van der Waals surface area contributed by atoms with Gasteiger partial charge in [-0.05, 0) is 12.8 Å². The van der Waals surface area contributed by atoms with Crippen LogP contribution in [0.5, 0.6) is 0 Å². The fraction of sp³-hybridized carbons (Fsp3) is 0.692. The lowest BCUT2D eigenvalue weighted by Gasteiger charge is -2.21. The van der Waals surface area contributed by atoms with Crippen LogP contribution in [0.15, 0.2) is 17.2 Å². The third kappa shape index (κ3) is 3.32. The number of anilines is 1. The molecule has 94 valence electrons. The van der Waals surface area contributed by atoms with Gasteiger partial charge in [0, 0.05) is 25.5 Å². The van der Waals surface area contributed by atoms with Crippen LogP contribution >= 0.6 is 0 Å². The van der Waals surface area contributed by atoms with Crippen LogP contribution in [0.25, 0.3) is 0 Å². The molecule has 1 fully saturated rings. The highest BCUT2D eigenvalue weighted by atomic mass is 16.1. The molecule has 17 heavy (non-hydrogen) atoms. The van der Waals surface area contributed by atoms with Crippen molar-refractivity contribution in [2.75, 3.05) is 5.32 Å². The fourth-order valence-corrected chi connectivity index (χ4v) is 2.39. The predicted octanol–water partition coefficient (Wildman–Crippen LogP) is 2.31. The molecular formula is C13H21N3O. The summed E-state index contributed by atoms with van der Waals surface area (Å²) in [6, 6.07) is 0.415. The molecule has 0 radical (unpaired) electrons. The first-order valence-corrected chi connectivity index (χ1v) is 6.55. The summed E-state index contributed by atoms with van der Waals surface area (Å²) in [6.45, 7) is 0. The van der Waals surface area contributed by atoms with Gasteiger partial charge in [-0.3, -0.25) is 4.79 Å². The lowest BCUT2D eigenvalue weighted by molar-refractivity contribution is 0.470. The van der Waals surface area contributed by atoms with Crippen molar-refractivity contribution in [3.8, 4) is 0 Å². The van der Waals surface area contributed by atoms with E-state index in [9.17, 15) is 4.79 Å². The van der Waals surface area contributed by atoms with Crippen LogP contribution in [0.1, 0.15) is 44.9 Å². The number of aromatic nitrogens is 2. The predicted molar refractivity (Wildman–Crippen MR) is 69.2 cm³/mol. The van der Waals surface area contributed by atoms with Crippen LogP contribution in [-0.4, -0.2) is 15.6 Å². The number of nitrogens with zero attached hydrogens (tertiary/aromatic N) is 2. The molecular weight excluding hydrogens is 214 g/mol. The SMILES string of the molecule is Cn1ccnc(NC2CCCCCCC2)c1=O. The average Bonchev–Trinajstić information content (AvgIpc) is 2.28. The van der Waals surface area contributed by atoms with Gasteiger partial charge in [-0.25, -0.2) is 4.98 Å². The molecule has 0 aliphatic heterocycles. The maximum atomic E-state index is 11.8. The second kappa shape index (κ2) is 5.84. The summed E-state index contributed by atoms with van der Waals surface area (Å²) < 4.78 is 1.57. The molecule has 1 aliphatic rings. The highest BCUT2D eigenvalue weighted by Gasteiger charge is 2.13. The van der Waals surface area contributed by atoms with Crippen molar-refractivity contribution in [3.63, 3.8) is 0 Å². The van der Waals surface area contributed by atoms with Crippen molar-refractivity contribution in [2.45, 2.75) is 51.0 Å². The number of rotatable bonds is 2. The normalized spacial score (nSPS) is 18.4. The molecule has 0 aromatic carbocycles. The zero-order valence-corrected chi connectivity index (χ0v) is 10.5. The van der Waals surface area contributed by atoms with E-state index in [2.05, 4.69) is 10.3 Å². The van der Waals surface area contributed by atoms with Gasteiger partial charge in [-0.15, -0.1) is 0 Å². The Balaban J connectivity index is 2.03. The Morgan fingerprint density at radius 3 is 2.59 bits per heavy atom. The summed E-state index contributed by atoms with van der Waals surface area (Å²) in [6.07, 6.45) is 12.2. The quantitative estimate of drug-likeness (QED) is 0.855. The molecule has 4 nitrogen and oxygen atoms in total. The van der Waals surface area contributed by atoms with E-state index in [4.69, 9.17) is 0 Å². The molecule has 0 amide bonds. The summed E-state index contributed by atoms with van der Waals surface area (Å²) in [5.41, 5.74) is -0.0328. The molecule has 4 heteroatoms. The maximum absolute atomic E-state index is 11.8. The topological polar surface area (TPSA) is 46.9 Å². The lowest BCUT2D eigenvalue weighted by Crippen LogP contribution is -2.28. The summed E-state index contributed by atoms with van der Waals surface area (Å²) >= 11 is 0. The molecule has 2 rings (SSSR count). The van der Waals surface area contributed by atoms with Crippen LogP contribution in [-0.2, 0) is 7.05 Å². The van der Waals surface area contributed by atoms with Gasteiger partial charge in [0.1, 0.15) is 0 Å². The third-order valence-corrected chi connectivity index (χ3v) is 3.46. The standard InChI is InChI=1S/C13H21N3O/c1-16-10-9-14-12(13(16)17)15-11-7-5-3-2-4-6-8-11/h9-11H,2-8H2,1H3,(H,14,15). The largest absolute Gasteiger partial charge is 0.363 e. The number of hydrogen-bond donors (Lipinski definition) is 1. The van der Waals surface area contributed by atoms with Crippen LogP contribution in [0.4, 0.5) is 5.82 Å². The van der Waals surface area contributed by atoms with Crippen molar-refractivity contribution in [3.05, 3.63) is 22.7 Å². The fourth-order valence-electron chi connectivity index (χ4n) is 2.39. The van der Waals surface area contributed by atoms with Gasteiger partial charge < -0.3 is 9.88 Å². The van der Waals surface area contributed by atoms with Gasteiger partial charge >= 0.3 is 0 Å². The molecule has 1 saturated carbocycles. The van der Waals surface area contributed by atoms with E-state index in [1.807, 2.05) is 0 Å². The van der Waals surface area contributed by atoms with Gasteiger partial charge in [-0.1, -0.05) is 32.1 Å². The first-order valence-electron chi connectivity index (χ1n) is 6.55. The Bertz CT molecular complexity index is 405. The van der Waals surface area contributed by atoms with E-state index in [1.165, 1.54) is 32.1 Å². The summed E-state index contributed by atoms with van der Waals surface area (Å²) in [5.74, 6) is 0.501. The minimum absolute atomic E-state index is 0.0328. The van der Waals surface area contributed by atoms with Crippen molar-refractivity contribution in [1.29, 1.82) is 0 Å². The Labute approximate surface area is 102 Å². The van der Waals surface area contributed by atoms with Crippen molar-refractivity contribution in [2.24, 2.45) is 7.05 Å². The Kier molecular flexibility index (Phi) is 4.18. The molecule has 1 aromatic rings. The van der Waals surface area contributed by atoms with E-state index < -0.39 is 0 Å². The van der Waals surface area contributed by atoms with Gasteiger partial charge in [0.05, 0.1) is 0 Å². The highest BCUT2D eigenvalue weighted by Crippen LogP contribution is 2.18. The smallest absolute Gasteiger partial charge is 0.293 e.